The highest BCUT2D eigenvalue weighted by molar-refractivity contribution is 5.82. The Morgan fingerprint density at radius 1 is 1.11 bits per heavy atom. The summed E-state index contributed by atoms with van der Waals surface area (Å²) in [4.78, 5) is 4.75. The third kappa shape index (κ3) is 1.78. The highest BCUT2D eigenvalue weighted by atomic mass is 15.1. The number of benzene rings is 2. The van der Waals surface area contributed by atoms with E-state index in [-0.39, 0.29) is 0 Å². The summed E-state index contributed by atoms with van der Waals surface area (Å²) in [6.07, 6.45) is 0. The van der Waals surface area contributed by atoms with Gasteiger partial charge in [-0.1, -0.05) is 18.2 Å². The van der Waals surface area contributed by atoms with Crippen LogP contribution in [0.3, 0.4) is 0 Å². The molecule has 0 aliphatic heterocycles. The van der Waals surface area contributed by atoms with Crippen LogP contribution in [0.1, 0.15) is 11.1 Å². The number of aryl methyl sites for hydroxylation is 2. The van der Waals surface area contributed by atoms with Gasteiger partial charge in [0.15, 0.2) is 0 Å². The number of imidazole rings is 1. The molecule has 0 aliphatic rings. The van der Waals surface area contributed by atoms with Gasteiger partial charge in [0.05, 0.1) is 11.0 Å². The van der Waals surface area contributed by atoms with E-state index in [1.54, 1.807) is 0 Å². The molecule has 3 rings (SSSR count). The fraction of sp³-hybridized carbons (Fsp3) is 0.188. The fourth-order valence-corrected chi connectivity index (χ4v) is 2.45. The molecule has 2 aromatic carbocycles. The molecule has 96 valence electrons. The largest absolute Gasteiger partial charge is 0.398 e. The molecule has 0 saturated heterocycles. The van der Waals surface area contributed by atoms with E-state index in [1.807, 2.05) is 26.1 Å². The topological polar surface area (TPSA) is 43.8 Å². The average molecular weight is 251 g/mol. The van der Waals surface area contributed by atoms with Crippen LogP contribution >= 0.6 is 0 Å². The number of nitrogen functional groups attached to an aromatic ring is 1. The molecular formula is C16H17N3. The molecule has 0 fully saturated rings. The molecule has 0 radical (unpaired) electrons. The van der Waals surface area contributed by atoms with Crippen molar-refractivity contribution in [1.82, 2.24) is 9.55 Å². The Labute approximate surface area is 112 Å². The molecule has 1 aromatic heterocycles. The van der Waals surface area contributed by atoms with Crippen LogP contribution in [0.2, 0.25) is 0 Å². The van der Waals surface area contributed by atoms with E-state index in [0.717, 1.165) is 33.7 Å². The first-order valence-corrected chi connectivity index (χ1v) is 6.36. The molecule has 0 saturated carbocycles. The van der Waals surface area contributed by atoms with Gasteiger partial charge in [0, 0.05) is 18.3 Å². The van der Waals surface area contributed by atoms with Crippen LogP contribution in [0.15, 0.2) is 36.4 Å². The van der Waals surface area contributed by atoms with Crippen LogP contribution in [-0.2, 0) is 7.05 Å². The zero-order valence-corrected chi connectivity index (χ0v) is 11.4. The van der Waals surface area contributed by atoms with Gasteiger partial charge in [0.25, 0.3) is 0 Å². The Bertz CT molecular complexity index is 769. The summed E-state index contributed by atoms with van der Waals surface area (Å²) in [5, 5.41) is 0. The number of rotatable bonds is 1. The normalized spacial score (nSPS) is 11.1. The van der Waals surface area contributed by atoms with Gasteiger partial charge in [-0.05, 0) is 43.2 Å². The van der Waals surface area contributed by atoms with E-state index >= 15 is 0 Å². The lowest BCUT2D eigenvalue weighted by Gasteiger charge is -2.08. The summed E-state index contributed by atoms with van der Waals surface area (Å²) >= 11 is 0. The third-order valence-corrected chi connectivity index (χ3v) is 3.65. The van der Waals surface area contributed by atoms with Crippen LogP contribution in [0, 0.1) is 13.8 Å². The van der Waals surface area contributed by atoms with Gasteiger partial charge in [-0.2, -0.15) is 0 Å². The number of anilines is 1. The van der Waals surface area contributed by atoms with Gasteiger partial charge >= 0.3 is 0 Å². The van der Waals surface area contributed by atoms with E-state index < -0.39 is 0 Å². The van der Waals surface area contributed by atoms with Crippen molar-refractivity contribution >= 4 is 16.7 Å². The fourth-order valence-electron chi connectivity index (χ4n) is 2.45. The van der Waals surface area contributed by atoms with Crippen LogP contribution in [-0.4, -0.2) is 9.55 Å². The summed E-state index contributed by atoms with van der Waals surface area (Å²) < 4.78 is 2.12. The Morgan fingerprint density at radius 2 is 1.89 bits per heavy atom. The number of nitrogens with two attached hydrogens (primary N) is 1. The summed E-state index contributed by atoms with van der Waals surface area (Å²) in [6.45, 7) is 4.12. The molecule has 0 amide bonds. The van der Waals surface area contributed by atoms with Crippen LogP contribution < -0.4 is 5.73 Å². The molecule has 0 aliphatic carbocycles. The summed E-state index contributed by atoms with van der Waals surface area (Å²) in [7, 11) is 2.04. The van der Waals surface area contributed by atoms with Crippen molar-refractivity contribution < 1.29 is 0 Å². The van der Waals surface area contributed by atoms with Gasteiger partial charge < -0.3 is 10.3 Å². The van der Waals surface area contributed by atoms with Crippen molar-refractivity contribution in [3.05, 3.63) is 47.5 Å². The minimum Gasteiger partial charge on any atom is -0.398 e. The minimum absolute atomic E-state index is 0.806. The molecular weight excluding hydrogens is 234 g/mol. The molecule has 0 bridgehead atoms. The lowest BCUT2D eigenvalue weighted by molar-refractivity contribution is 0.957. The molecule has 2 N–H and O–H groups in total. The van der Waals surface area contributed by atoms with Crippen molar-refractivity contribution in [2.45, 2.75) is 13.8 Å². The Balaban J connectivity index is 2.31. The number of fused-ring (bicyclic) bond motifs is 1. The van der Waals surface area contributed by atoms with Crippen molar-refractivity contribution in [3.63, 3.8) is 0 Å². The van der Waals surface area contributed by atoms with E-state index in [4.69, 9.17) is 10.7 Å². The van der Waals surface area contributed by atoms with E-state index in [2.05, 4.69) is 35.8 Å². The number of hydrogen-bond donors (Lipinski definition) is 1. The lowest BCUT2D eigenvalue weighted by atomic mass is 10.1. The maximum Gasteiger partial charge on any atom is 0.141 e. The maximum atomic E-state index is 5.99. The third-order valence-electron chi connectivity index (χ3n) is 3.65. The quantitative estimate of drug-likeness (QED) is 0.673. The molecule has 1 heterocycles. The van der Waals surface area contributed by atoms with E-state index in [0.29, 0.717) is 0 Å². The standard InChI is InChI=1S/C16H17N3/c1-10-7-8-15-14(9-10)18-16(19(15)3)12-5-4-6-13(17)11(12)2/h4-9H,17H2,1-3H3. The van der Waals surface area contributed by atoms with Crippen molar-refractivity contribution in [2.75, 3.05) is 5.73 Å². The second kappa shape index (κ2) is 4.12. The Kier molecular flexibility index (Phi) is 2.56. The van der Waals surface area contributed by atoms with E-state index in [9.17, 15) is 0 Å². The predicted octanol–water partition coefficient (Wildman–Crippen LogP) is 3.44. The summed E-state index contributed by atoms with van der Waals surface area (Å²) in [6, 6.07) is 12.3. The number of nitrogens with zero attached hydrogens (tertiary/aromatic N) is 2. The van der Waals surface area contributed by atoms with Crippen LogP contribution in [0.5, 0.6) is 0 Å². The molecule has 19 heavy (non-hydrogen) atoms. The SMILES string of the molecule is Cc1ccc2c(c1)nc(-c1cccc(N)c1C)n2C. The Hall–Kier alpha value is -2.29. The zero-order chi connectivity index (χ0) is 13.6. The van der Waals surface area contributed by atoms with E-state index in [1.165, 1.54) is 5.56 Å². The molecule has 0 spiro atoms. The maximum absolute atomic E-state index is 5.99. The molecule has 0 unspecified atom stereocenters. The molecule has 3 aromatic rings. The van der Waals surface area contributed by atoms with Crippen LogP contribution in [0.4, 0.5) is 5.69 Å². The smallest absolute Gasteiger partial charge is 0.141 e. The average Bonchev–Trinajstić information content (AvgIpc) is 2.69. The second-order valence-corrected chi connectivity index (χ2v) is 5.01. The first-order valence-electron chi connectivity index (χ1n) is 6.36. The highest BCUT2D eigenvalue weighted by Gasteiger charge is 2.12. The van der Waals surface area contributed by atoms with Crippen molar-refractivity contribution in [1.29, 1.82) is 0 Å². The summed E-state index contributed by atoms with van der Waals surface area (Å²) in [5.74, 6) is 0.963. The van der Waals surface area contributed by atoms with Gasteiger partial charge in [-0.25, -0.2) is 4.98 Å². The molecule has 3 nitrogen and oxygen atoms in total. The first-order chi connectivity index (χ1) is 9.08. The lowest BCUT2D eigenvalue weighted by Crippen LogP contribution is -1.97. The first kappa shape index (κ1) is 11.8. The monoisotopic (exact) mass is 251 g/mol. The summed E-state index contributed by atoms with van der Waals surface area (Å²) in [5.41, 5.74) is 12.4. The van der Waals surface area contributed by atoms with Crippen molar-refractivity contribution in [2.24, 2.45) is 7.05 Å². The van der Waals surface area contributed by atoms with Gasteiger partial charge in [-0.15, -0.1) is 0 Å². The van der Waals surface area contributed by atoms with Crippen LogP contribution in [0.25, 0.3) is 22.4 Å². The number of aromatic nitrogens is 2. The zero-order valence-electron chi connectivity index (χ0n) is 11.4. The second-order valence-electron chi connectivity index (χ2n) is 5.01. The predicted molar refractivity (Wildman–Crippen MR) is 80.0 cm³/mol. The highest BCUT2D eigenvalue weighted by Crippen LogP contribution is 2.29. The van der Waals surface area contributed by atoms with Crippen molar-refractivity contribution in [3.8, 4) is 11.4 Å². The van der Waals surface area contributed by atoms with Gasteiger partial charge in [-0.3, -0.25) is 0 Å². The van der Waals surface area contributed by atoms with Gasteiger partial charge in [0.2, 0.25) is 0 Å². The molecule has 0 atom stereocenters. The van der Waals surface area contributed by atoms with Gasteiger partial charge in [0.1, 0.15) is 5.82 Å². The Morgan fingerprint density at radius 3 is 2.68 bits per heavy atom. The molecule has 3 heteroatoms. The number of hydrogen-bond acceptors (Lipinski definition) is 2. The minimum atomic E-state index is 0.806.